The van der Waals surface area contributed by atoms with E-state index in [1.54, 1.807) is 54.6 Å². The number of hydrogen-bond acceptors (Lipinski definition) is 5. The summed E-state index contributed by atoms with van der Waals surface area (Å²) >= 11 is 5.82. The summed E-state index contributed by atoms with van der Waals surface area (Å²) in [5.41, 5.74) is 0.626. The van der Waals surface area contributed by atoms with E-state index >= 15 is 0 Å². The second-order valence-corrected chi connectivity index (χ2v) is 6.67. The Labute approximate surface area is 177 Å². The van der Waals surface area contributed by atoms with Gasteiger partial charge in [-0.3, -0.25) is 4.79 Å². The van der Waals surface area contributed by atoms with E-state index in [2.05, 4.69) is 15.5 Å². The number of benzene rings is 2. The van der Waals surface area contributed by atoms with Gasteiger partial charge < -0.3 is 19.4 Å². The molecule has 150 valence electrons. The predicted molar refractivity (Wildman–Crippen MR) is 113 cm³/mol. The zero-order valence-corrected chi connectivity index (χ0v) is 16.5. The first-order valence-corrected chi connectivity index (χ1v) is 9.47. The zero-order chi connectivity index (χ0) is 20.8. The number of anilines is 1. The molecule has 1 amide bonds. The van der Waals surface area contributed by atoms with Crippen LogP contribution in [0.4, 0.5) is 5.69 Å². The van der Waals surface area contributed by atoms with Crippen LogP contribution in [-0.4, -0.2) is 27.3 Å². The highest BCUT2D eigenvalue weighted by Gasteiger charge is 2.06. The average molecular weight is 421 g/mol. The van der Waals surface area contributed by atoms with E-state index in [1.807, 2.05) is 35.2 Å². The van der Waals surface area contributed by atoms with Gasteiger partial charge in [-0.15, -0.1) is 10.2 Å². The van der Waals surface area contributed by atoms with E-state index < -0.39 is 0 Å². The third-order valence-corrected chi connectivity index (χ3v) is 4.29. The maximum Gasteiger partial charge on any atom is 0.262 e. The average Bonchev–Trinajstić information content (AvgIpc) is 3.30. The van der Waals surface area contributed by atoms with Crippen molar-refractivity contribution in [2.24, 2.45) is 0 Å². The first kappa shape index (κ1) is 19.5. The Hall–Kier alpha value is -3.84. The molecule has 0 spiro atoms. The Morgan fingerprint density at radius 2 is 1.60 bits per heavy atom. The van der Waals surface area contributed by atoms with Crippen LogP contribution in [0, 0.1) is 0 Å². The van der Waals surface area contributed by atoms with E-state index in [-0.39, 0.29) is 12.5 Å². The van der Waals surface area contributed by atoms with Crippen LogP contribution in [0.1, 0.15) is 0 Å². The van der Waals surface area contributed by atoms with Gasteiger partial charge in [0.2, 0.25) is 5.88 Å². The molecule has 4 rings (SSSR count). The van der Waals surface area contributed by atoms with E-state index in [0.717, 1.165) is 0 Å². The van der Waals surface area contributed by atoms with Crippen molar-refractivity contribution in [1.29, 1.82) is 0 Å². The molecule has 7 nitrogen and oxygen atoms in total. The molecule has 0 aliphatic heterocycles. The molecule has 0 aliphatic carbocycles. The Kier molecular flexibility index (Phi) is 5.91. The van der Waals surface area contributed by atoms with Crippen molar-refractivity contribution in [3.8, 4) is 23.2 Å². The van der Waals surface area contributed by atoms with Crippen molar-refractivity contribution < 1.29 is 14.3 Å². The molecule has 0 unspecified atom stereocenters. The molecule has 2 aromatic heterocycles. The van der Waals surface area contributed by atoms with Crippen molar-refractivity contribution in [3.05, 3.63) is 90.2 Å². The number of rotatable bonds is 7. The summed E-state index contributed by atoms with van der Waals surface area (Å²) in [7, 11) is 0. The normalized spacial score (nSPS) is 10.4. The van der Waals surface area contributed by atoms with Gasteiger partial charge in [0.1, 0.15) is 11.5 Å². The van der Waals surface area contributed by atoms with E-state index in [4.69, 9.17) is 21.1 Å². The molecule has 0 atom stereocenters. The van der Waals surface area contributed by atoms with Gasteiger partial charge in [0, 0.05) is 29.2 Å². The summed E-state index contributed by atoms with van der Waals surface area (Å²) in [6.45, 7) is -0.108. The molecule has 4 aromatic rings. The molecule has 0 aliphatic rings. The first-order valence-electron chi connectivity index (χ1n) is 9.09. The second-order valence-electron chi connectivity index (χ2n) is 6.24. The van der Waals surface area contributed by atoms with Gasteiger partial charge in [-0.05, 0) is 66.7 Å². The number of nitrogens with zero attached hydrogens (tertiary/aromatic N) is 3. The minimum atomic E-state index is -0.273. The fourth-order valence-electron chi connectivity index (χ4n) is 2.60. The zero-order valence-electron chi connectivity index (χ0n) is 15.7. The van der Waals surface area contributed by atoms with Gasteiger partial charge in [-0.2, -0.15) is 0 Å². The lowest BCUT2D eigenvalue weighted by Gasteiger charge is -2.09. The number of aromatic nitrogens is 3. The van der Waals surface area contributed by atoms with Crippen LogP contribution in [0.2, 0.25) is 5.02 Å². The maximum absolute atomic E-state index is 12.0. The first-order chi connectivity index (χ1) is 14.7. The van der Waals surface area contributed by atoms with Gasteiger partial charge in [-0.1, -0.05) is 11.6 Å². The van der Waals surface area contributed by atoms with Gasteiger partial charge >= 0.3 is 0 Å². The van der Waals surface area contributed by atoms with Crippen LogP contribution in [0.5, 0.6) is 17.4 Å². The quantitative estimate of drug-likeness (QED) is 0.467. The number of hydrogen-bond donors (Lipinski definition) is 1. The van der Waals surface area contributed by atoms with Crippen molar-refractivity contribution in [3.63, 3.8) is 0 Å². The Bertz CT molecular complexity index is 1100. The summed E-state index contributed by atoms with van der Waals surface area (Å²) < 4.78 is 13.0. The van der Waals surface area contributed by atoms with Crippen LogP contribution in [0.15, 0.2) is 85.2 Å². The molecule has 30 heavy (non-hydrogen) atoms. The van der Waals surface area contributed by atoms with Crippen molar-refractivity contribution in [2.75, 3.05) is 11.9 Å². The Balaban J connectivity index is 1.29. The number of ether oxygens (including phenoxy) is 2. The van der Waals surface area contributed by atoms with Crippen LogP contribution >= 0.6 is 11.6 Å². The minimum Gasteiger partial charge on any atom is -0.484 e. The van der Waals surface area contributed by atoms with Crippen LogP contribution in [0.25, 0.3) is 5.82 Å². The number of amides is 1. The van der Waals surface area contributed by atoms with Crippen LogP contribution < -0.4 is 14.8 Å². The van der Waals surface area contributed by atoms with Crippen molar-refractivity contribution in [2.45, 2.75) is 0 Å². The molecular formula is C22H17ClN4O3. The SMILES string of the molecule is O=C(COc1ccc(Cl)cc1)Nc1ccc(Oc2ccc(-n3cccc3)nn2)cc1. The summed E-state index contributed by atoms with van der Waals surface area (Å²) in [6, 6.07) is 21.1. The minimum absolute atomic E-state index is 0.108. The summed E-state index contributed by atoms with van der Waals surface area (Å²) in [4.78, 5) is 12.0. The Morgan fingerprint density at radius 3 is 2.27 bits per heavy atom. The van der Waals surface area contributed by atoms with Crippen LogP contribution in [0.3, 0.4) is 0 Å². The molecule has 8 heteroatoms. The fraction of sp³-hybridized carbons (Fsp3) is 0.0455. The van der Waals surface area contributed by atoms with Gasteiger partial charge in [-0.25, -0.2) is 0 Å². The van der Waals surface area contributed by atoms with Gasteiger partial charge in [0.15, 0.2) is 12.4 Å². The topological polar surface area (TPSA) is 78.3 Å². The second kappa shape index (κ2) is 9.11. The molecular weight excluding hydrogens is 404 g/mol. The number of carbonyl (C=O) groups is 1. The smallest absolute Gasteiger partial charge is 0.262 e. The van der Waals surface area contributed by atoms with Gasteiger partial charge in [0.05, 0.1) is 0 Å². The highest BCUT2D eigenvalue weighted by atomic mass is 35.5. The largest absolute Gasteiger partial charge is 0.484 e. The lowest BCUT2D eigenvalue weighted by molar-refractivity contribution is -0.118. The van der Waals surface area contributed by atoms with Crippen LogP contribution in [-0.2, 0) is 4.79 Å². The summed E-state index contributed by atoms with van der Waals surface area (Å²) in [5.74, 6) is 1.95. The lowest BCUT2D eigenvalue weighted by Crippen LogP contribution is -2.20. The molecule has 2 aromatic carbocycles. The molecule has 0 saturated heterocycles. The van der Waals surface area contributed by atoms with Gasteiger partial charge in [0.25, 0.3) is 5.91 Å². The molecule has 2 heterocycles. The van der Waals surface area contributed by atoms with E-state index in [0.29, 0.717) is 33.9 Å². The standard InChI is InChI=1S/C22H17ClN4O3/c23-16-3-7-18(8-4-16)29-15-21(28)24-17-5-9-19(10-6-17)30-22-12-11-20(25-26-22)27-13-1-2-14-27/h1-14H,15H2,(H,24,28). The van der Waals surface area contributed by atoms with Crippen molar-refractivity contribution >= 4 is 23.2 Å². The third-order valence-electron chi connectivity index (χ3n) is 4.04. The van der Waals surface area contributed by atoms with E-state index in [1.165, 1.54) is 0 Å². The van der Waals surface area contributed by atoms with E-state index in [9.17, 15) is 4.79 Å². The molecule has 0 fully saturated rings. The fourth-order valence-corrected chi connectivity index (χ4v) is 2.72. The van der Waals surface area contributed by atoms with Crippen molar-refractivity contribution in [1.82, 2.24) is 14.8 Å². The lowest BCUT2D eigenvalue weighted by atomic mass is 10.3. The number of halogens is 1. The number of nitrogens with one attached hydrogen (secondary N) is 1. The maximum atomic E-state index is 12.0. The highest BCUT2D eigenvalue weighted by Crippen LogP contribution is 2.22. The molecule has 0 bridgehead atoms. The third kappa shape index (κ3) is 5.15. The predicted octanol–water partition coefficient (Wildman–Crippen LogP) is 4.73. The molecule has 1 N–H and O–H groups in total. The number of carbonyl (C=O) groups excluding carboxylic acids is 1. The summed E-state index contributed by atoms with van der Waals surface area (Å²) in [5, 5.41) is 11.6. The molecule has 0 radical (unpaired) electrons. The monoisotopic (exact) mass is 420 g/mol. The molecule has 0 saturated carbocycles. The summed E-state index contributed by atoms with van der Waals surface area (Å²) in [6.07, 6.45) is 3.77. The highest BCUT2D eigenvalue weighted by molar-refractivity contribution is 6.30. The Morgan fingerprint density at radius 1 is 0.900 bits per heavy atom.